The molecule has 0 unspecified atom stereocenters. The van der Waals surface area contributed by atoms with E-state index in [1.165, 1.54) is 18.1 Å². The van der Waals surface area contributed by atoms with Gasteiger partial charge in [0.25, 0.3) is 0 Å². The third-order valence-electron chi connectivity index (χ3n) is 4.82. The Morgan fingerprint density at radius 3 is 2.57 bits per heavy atom. The molecule has 2 aromatic rings. The van der Waals surface area contributed by atoms with Gasteiger partial charge in [-0.25, -0.2) is 0 Å². The van der Waals surface area contributed by atoms with Crippen LogP contribution in [0.2, 0.25) is 0 Å². The minimum absolute atomic E-state index is 0.0880. The Labute approximate surface area is 166 Å². The smallest absolute Gasteiger partial charge is 0.243 e. The van der Waals surface area contributed by atoms with Gasteiger partial charge >= 0.3 is 0 Å². The first-order chi connectivity index (χ1) is 13.6. The number of nitrogens with one attached hydrogen (secondary N) is 2. The minimum atomic E-state index is -0.101. The molecule has 2 N–H and O–H groups in total. The Hall–Kier alpha value is -2.92. The van der Waals surface area contributed by atoms with Gasteiger partial charge in [0.2, 0.25) is 11.8 Å². The summed E-state index contributed by atoms with van der Waals surface area (Å²) in [4.78, 5) is 25.4. The van der Waals surface area contributed by atoms with Gasteiger partial charge in [-0.1, -0.05) is 36.4 Å². The molecule has 0 atom stereocenters. The topological polar surface area (TPSA) is 61.4 Å². The fraction of sp³-hybridized carbons (Fsp3) is 0.304. The van der Waals surface area contributed by atoms with E-state index in [-0.39, 0.29) is 11.8 Å². The number of benzene rings is 2. The normalized spacial score (nSPS) is 13.9. The highest BCUT2D eigenvalue weighted by Crippen LogP contribution is 2.18. The van der Waals surface area contributed by atoms with Gasteiger partial charge < -0.3 is 10.6 Å². The lowest BCUT2D eigenvalue weighted by atomic mass is 10.00. The van der Waals surface area contributed by atoms with E-state index in [4.69, 9.17) is 0 Å². The summed E-state index contributed by atoms with van der Waals surface area (Å²) >= 11 is 0. The van der Waals surface area contributed by atoms with E-state index in [2.05, 4.69) is 39.8 Å². The van der Waals surface area contributed by atoms with Crippen molar-refractivity contribution in [1.29, 1.82) is 0 Å². The van der Waals surface area contributed by atoms with Crippen molar-refractivity contribution in [1.82, 2.24) is 10.2 Å². The Bertz CT molecular complexity index is 843. The van der Waals surface area contributed by atoms with Crippen LogP contribution in [0.25, 0.3) is 6.08 Å². The van der Waals surface area contributed by atoms with Crippen molar-refractivity contribution in [2.24, 2.45) is 0 Å². The number of nitrogens with zero attached hydrogens (tertiary/aromatic N) is 1. The molecule has 0 saturated carbocycles. The Kier molecular flexibility index (Phi) is 6.98. The molecule has 1 heterocycles. The van der Waals surface area contributed by atoms with Gasteiger partial charge in [0.05, 0.1) is 0 Å². The lowest BCUT2D eigenvalue weighted by Crippen LogP contribution is -2.33. The number of carbonyl (C=O) groups is 2. The molecule has 0 aliphatic carbocycles. The highest BCUT2D eigenvalue weighted by molar-refractivity contribution is 5.92. The van der Waals surface area contributed by atoms with Crippen LogP contribution in [0.1, 0.15) is 30.0 Å². The van der Waals surface area contributed by atoms with Crippen molar-refractivity contribution in [2.45, 2.75) is 26.3 Å². The molecule has 0 spiro atoms. The quantitative estimate of drug-likeness (QED) is 0.575. The molecule has 0 aromatic heterocycles. The summed E-state index contributed by atoms with van der Waals surface area (Å²) in [6.07, 6.45) is 5.36. The van der Waals surface area contributed by atoms with Gasteiger partial charge in [-0.05, 0) is 47.7 Å². The monoisotopic (exact) mass is 377 g/mol. The van der Waals surface area contributed by atoms with E-state index in [9.17, 15) is 9.59 Å². The van der Waals surface area contributed by atoms with Gasteiger partial charge in [0.1, 0.15) is 0 Å². The Morgan fingerprint density at radius 2 is 1.82 bits per heavy atom. The van der Waals surface area contributed by atoms with E-state index in [0.29, 0.717) is 6.54 Å². The maximum Gasteiger partial charge on any atom is 0.243 e. The van der Waals surface area contributed by atoms with Crippen molar-refractivity contribution in [3.05, 3.63) is 71.3 Å². The zero-order valence-corrected chi connectivity index (χ0v) is 16.3. The van der Waals surface area contributed by atoms with Gasteiger partial charge in [0, 0.05) is 44.9 Å². The summed E-state index contributed by atoms with van der Waals surface area (Å²) in [6.45, 7) is 5.21. The summed E-state index contributed by atoms with van der Waals surface area (Å²) in [5.41, 5.74) is 4.54. The molecule has 3 rings (SSSR count). The molecule has 0 fully saturated rings. The number of rotatable bonds is 7. The number of anilines is 1. The first-order valence-electron chi connectivity index (χ1n) is 9.73. The van der Waals surface area contributed by atoms with Crippen LogP contribution >= 0.6 is 0 Å². The van der Waals surface area contributed by atoms with Crippen molar-refractivity contribution < 1.29 is 9.59 Å². The maximum atomic E-state index is 12.0. The number of amides is 2. The van der Waals surface area contributed by atoms with Gasteiger partial charge in [0.15, 0.2) is 0 Å². The van der Waals surface area contributed by atoms with E-state index in [1.54, 1.807) is 12.2 Å². The second kappa shape index (κ2) is 9.85. The van der Waals surface area contributed by atoms with E-state index in [0.717, 1.165) is 43.7 Å². The Balaban J connectivity index is 1.35. The molecule has 2 amide bonds. The fourth-order valence-corrected chi connectivity index (χ4v) is 3.37. The lowest BCUT2D eigenvalue weighted by Gasteiger charge is -2.28. The number of hydrogen-bond donors (Lipinski definition) is 2. The van der Waals surface area contributed by atoms with Crippen LogP contribution in [0.5, 0.6) is 0 Å². The summed E-state index contributed by atoms with van der Waals surface area (Å²) < 4.78 is 0. The van der Waals surface area contributed by atoms with Crippen LogP contribution in [0.4, 0.5) is 5.69 Å². The molecule has 1 aliphatic heterocycles. The number of carbonyl (C=O) groups excluding carboxylic acids is 2. The van der Waals surface area contributed by atoms with Gasteiger partial charge in [-0.3, -0.25) is 14.5 Å². The van der Waals surface area contributed by atoms with Crippen LogP contribution in [-0.4, -0.2) is 36.3 Å². The third-order valence-corrected chi connectivity index (χ3v) is 4.82. The van der Waals surface area contributed by atoms with Crippen molar-refractivity contribution in [3.63, 3.8) is 0 Å². The molecular weight excluding hydrogens is 350 g/mol. The maximum absolute atomic E-state index is 12.0. The molecular formula is C23H27N3O2. The first-order valence-corrected chi connectivity index (χ1v) is 9.73. The van der Waals surface area contributed by atoms with Gasteiger partial charge in [-0.2, -0.15) is 0 Å². The summed E-state index contributed by atoms with van der Waals surface area (Å²) in [5, 5.41) is 5.66. The van der Waals surface area contributed by atoms with Crippen molar-refractivity contribution >= 4 is 23.6 Å². The van der Waals surface area contributed by atoms with E-state index < -0.39 is 0 Å². The van der Waals surface area contributed by atoms with Gasteiger partial charge in [-0.15, -0.1) is 0 Å². The van der Waals surface area contributed by atoms with Crippen molar-refractivity contribution in [2.75, 3.05) is 25.0 Å². The van der Waals surface area contributed by atoms with E-state index >= 15 is 0 Å². The first kappa shape index (κ1) is 19.8. The minimum Gasteiger partial charge on any atom is -0.353 e. The van der Waals surface area contributed by atoms with Crippen LogP contribution in [0.15, 0.2) is 54.6 Å². The second-order valence-electron chi connectivity index (χ2n) is 7.08. The average molecular weight is 377 g/mol. The lowest BCUT2D eigenvalue weighted by molar-refractivity contribution is -0.116. The second-order valence-corrected chi connectivity index (χ2v) is 7.08. The van der Waals surface area contributed by atoms with Crippen LogP contribution in [0.3, 0.4) is 0 Å². The molecule has 146 valence electrons. The standard InChI is InChI=1S/C23H27N3O2/c1-18(27)25-22-10-7-19(8-11-22)9-12-23(28)24-14-4-15-26-16-13-20-5-2-3-6-21(20)17-26/h2-3,5-12H,4,13-17H2,1H3,(H,24,28)(H,25,27). The SMILES string of the molecule is CC(=O)Nc1ccc(C=CC(=O)NCCCN2CCc3ccccc3C2)cc1. The molecule has 0 bridgehead atoms. The molecule has 28 heavy (non-hydrogen) atoms. The number of fused-ring (bicyclic) bond motifs is 1. The molecule has 1 aliphatic rings. The predicted molar refractivity (Wildman–Crippen MR) is 113 cm³/mol. The van der Waals surface area contributed by atoms with Crippen LogP contribution in [0, 0.1) is 0 Å². The molecule has 0 radical (unpaired) electrons. The fourth-order valence-electron chi connectivity index (χ4n) is 3.37. The predicted octanol–water partition coefficient (Wildman–Crippen LogP) is 3.22. The zero-order chi connectivity index (χ0) is 19.8. The molecule has 2 aromatic carbocycles. The third kappa shape index (κ3) is 6.06. The summed E-state index contributed by atoms with van der Waals surface area (Å²) in [7, 11) is 0. The molecule has 0 saturated heterocycles. The molecule has 5 nitrogen and oxygen atoms in total. The number of hydrogen-bond acceptors (Lipinski definition) is 3. The van der Waals surface area contributed by atoms with Crippen molar-refractivity contribution in [3.8, 4) is 0 Å². The summed E-state index contributed by atoms with van der Waals surface area (Å²) in [5.74, 6) is -0.189. The van der Waals surface area contributed by atoms with E-state index in [1.807, 2.05) is 24.3 Å². The zero-order valence-electron chi connectivity index (χ0n) is 16.3. The highest BCUT2D eigenvalue weighted by Gasteiger charge is 2.14. The van der Waals surface area contributed by atoms with Crippen LogP contribution in [-0.2, 0) is 22.6 Å². The van der Waals surface area contributed by atoms with Crippen LogP contribution < -0.4 is 10.6 Å². The average Bonchev–Trinajstić information content (AvgIpc) is 2.70. The largest absolute Gasteiger partial charge is 0.353 e. The Morgan fingerprint density at radius 1 is 1.07 bits per heavy atom. The highest BCUT2D eigenvalue weighted by atomic mass is 16.2. The molecule has 5 heteroatoms. The summed E-state index contributed by atoms with van der Waals surface area (Å²) in [6, 6.07) is 16.0.